The molecule has 0 aliphatic heterocycles. The summed E-state index contributed by atoms with van der Waals surface area (Å²) >= 11 is 0. The summed E-state index contributed by atoms with van der Waals surface area (Å²) in [6, 6.07) is 13.8. The molecule has 7 nitrogen and oxygen atoms in total. The molecule has 0 radical (unpaired) electrons. The lowest BCUT2D eigenvalue weighted by Crippen LogP contribution is -2.24. The summed E-state index contributed by atoms with van der Waals surface area (Å²) in [6.45, 7) is 4.69. The molecular formula is C20H22N4O3. The van der Waals surface area contributed by atoms with Crippen molar-refractivity contribution in [1.82, 2.24) is 5.32 Å². The van der Waals surface area contributed by atoms with Crippen LogP contribution < -0.4 is 20.7 Å². The third-order valence-electron chi connectivity index (χ3n) is 3.59. The first kappa shape index (κ1) is 19.8. The van der Waals surface area contributed by atoms with Crippen LogP contribution in [0, 0.1) is 11.3 Å². The minimum Gasteiger partial charge on any atom is -0.492 e. The average Bonchev–Trinajstić information content (AvgIpc) is 2.67. The molecule has 140 valence electrons. The zero-order valence-electron chi connectivity index (χ0n) is 15.3. The monoisotopic (exact) mass is 366 g/mol. The van der Waals surface area contributed by atoms with E-state index in [-0.39, 0.29) is 18.4 Å². The molecule has 3 N–H and O–H groups in total. The zero-order valence-corrected chi connectivity index (χ0v) is 15.3. The van der Waals surface area contributed by atoms with Gasteiger partial charge in [0.2, 0.25) is 5.91 Å². The fraction of sp³-hybridized carbons (Fsp3) is 0.250. The number of carbonyl (C=O) groups excluding carboxylic acids is 2. The van der Waals surface area contributed by atoms with Crippen LogP contribution in [0.3, 0.4) is 0 Å². The molecule has 0 spiro atoms. The highest BCUT2D eigenvalue weighted by Gasteiger charge is 2.09. The van der Waals surface area contributed by atoms with Gasteiger partial charge in [-0.25, -0.2) is 0 Å². The Labute approximate surface area is 158 Å². The van der Waals surface area contributed by atoms with E-state index in [1.807, 2.05) is 13.8 Å². The van der Waals surface area contributed by atoms with Gasteiger partial charge in [-0.3, -0.25) is 9.59 Å². The standard InChI is InChI=1S/C20H22N4O3/c1-3-22-20(26)15-6-5-7-16(11-15)24-19(25)13-23-17-10-14(12-21)8-9-18(17)27-4-2/h5-11,23H,3-4,13H2,1-2H3,(H,22,26)(H,24,25). The first-order valence-electron chi connectivity index (χ1n) is 8.66. The van der Waals surface area contributed by atoms with Crippen LogP contribution in [0.1, 0.15) is 29.8 Å². The van der Waals surface area contributed by atoms with Crippen molar-refractivity contribution >= 4 is 23.2 Å². The number of benzene rings is 2. The predicted octanol–water partition coefficient (Wildman–Crippen LogP) is 2.76. The van der Waals surface area contributed by atoms with Gasteiger partial charge >= 0.3 is 0 Å². The van der Waals surface area contributed by atoms with E-state index in [0.717, 1.165) is 0 Å². The maximum atomic E-state index is 12.2. The number of anilines is 2. The van der Waals surface area contributed by atoms with Crippen molar-refractivity contribution in [3.8, 4) is 11.8 Å². The Morgan fingerprint density at radius 3 is 2.67 bits per heavy atom. The number of hydrogen-bond donors (Lipinski definition) is 3. The number of nitrogens with zero attached hydrogens (tertiary/aromatic N) is 1. The Hall–Kier alpha value is -3.53. The molecule has 7 heteroatoms. The second-order valence-corrected chi connectivity index (χ2v) is 5.60. The van der Waals surface area contributed by atoms with E-state index < -0.39 is 0 Å². The number of ether oxygens (including phenoxy) is 1. The fourth-order valence-corrected chi connectivity index (χ4v) is 2.40. The molecule has 27 heavy (non-hydrogen) atoms. The van der Waals surface area contributed by atoms with Crippen LogP contribution in [0.15, 0.2) is 42.5 Å². The molecule has 0 aliphatic carbocycles. The van der Waals surface area contributed by atoms with E-state index in [4.69, 9.17) is 10.00 Å². The van der Waals surface area contributed by atoms with Crippen LogP contribution in [-0.2, 0) is 4.79 Å². The van der Waals surface area contributed by atoms with Crippen LogP contribution in [0.2, 0.25) is 0 Å². The van der Waals surface area contributed by atoms with E-state index in [1.165, 1.54) is 0 Å². The molecule has 2 aromatic rings. The third-order valence-corrected chi connectivity index (χ3v) is 3.59. The minimum absolute atomic E-state index is 0.0136. The molecule has 2 amide bonds. The third kappa shape index (κ3) is 5.75. The second kappa shape index (κ2) is 9.82. The molecule has 0 atom stereocenters. The van der Waals surface area contributed by atoms with Crippen molar-refractivity contribution in [3.63, 3.8) is 0 Å². The number of amides is 2. The maximum absolute atomic E-state index is 12.2. The van der Waals surface area contributed by atoms with Gasteiger partial charge in [0.05, 0.1) is 30.5 Å². The summed E-state index contributed by atoms with van der Waals surface area (Å²) in [5.74, 6) is 0.0943. The van der Waals surface area contributed by atoms with Crippen molar-refractivity contribution < 1.29 is 14.3 Å². The molecule has 0 aromatic heterocycles. The van der Waals surface area contributed by atoms with Gasteiger partial charge in [0.15, 0.2) is 0 Å². The molecule has 0 saturated heterocycles. The number of rotatable bonds is 8. The highest BCUT2D eigenvalue weighted by atomic mass is 16.5. The Morgan fingerprint density at radius 1 is 1.15 bits per heavy atom. The molecule has 0 saturated carbocycles. The van der Waals surface area contributed by atoms with E-state index in [2.05, 4.69) is 22.0 Å². The molecular weight excluding hydrogens is 344 g/mol. The molecule has 2 aromatic carbocycles. The van der Waals surface area contributed by atoms with Crippen LogP contribution in [0.4, 0.5) is 11.4 Å². The number of hydrogen-bond acceptors (Lipinski definition) is 5. The molecule has 0 bridgehead atoms. The summed E-state index contributed by atoms with van der Waals surface area (Å²) in [4.78, 5) is 24.1. The molecule has 0 heterocycles. The van der Waals surface area contributed by atoms with Crippen LogP contribution in [0.25, 0.3) is 0 Å². The summed E-state index contributed by atoms with van der Waals surface area (Å²) in [6.07, 6.45) is 0. The van der Waals surface area contributed by atoms with Crippen LogP contribution in [0.5, 0.6) is 5.75 Å². The Kier molecular flexibility index (Phi) is 7.20. The lowest BCUT2D eigenvalue weighted by atomic mass is 10.2. The number of nitrogens with one attached hydrogen (secondary N) is 3. The maximum Gasteiger partial charge on any atom is 0.251 e. The second-order valence-electron chi connectivity index (χ2n) is 5.60. The van der Waals surface area contributed by atoms with Gasteiger partial charge < -0.3 is 20.7 Å². The van der Waals surface area contributed by atoms with E-state index >= 15 is 0 Å². The highest BCUT2D eigenvalue weighted by molar-refractivity contribution is 5.98. The van der Waals surface area contributed by atoms with E-state index in [0.29, 0.717) is 41.4 Å². The summed E-state index contributed by atoms with van der Waals surface area (Å²) in [5, 5.41) is 17.5. The first-order valence-corrected chi connectivity index (χ1v) is 8.66. The minimum atomic E-state index is -0.284. The smallest absolute Gasteiger partial charge is 0.251 e. The highest BCUT2D eigenvalue weighted by Crippen LogP contribution is 2.25. The van der Waals surface area contributed by atoms with Crippen molar-refractivity contribution in [2.24, 2.45) is 0 Å². The molecule has 0 fully saturated rings. The topological polar surface area (TPSA) is 103 Å². The number of nitriles is 1. The molecule has 0 aliphatic rings. The van der Waals surface area contributed by atoms with Gasteiger partial charge in [-0.05, 0) is 50.2 Å². The largest absolute Gasteiger partial charge is 0.492 e. The Balaban J connectivity index is 2.02. The van der Waals surface area contributed by atoms with E-state index in [1.54, 1.807) is 42.5 Å². The van der Waals surface area contributed by atoms with Gasteiger partial charge in [0.1, 0.15) is 5.75 Å². The normalized spacial score (nSPS) is 9.81. The zero-order chi connectivity index (χ0) is 19.6. The van der Waals surface area contributed by atoms with E-state index in [9.17, 15) is 9.59 Å². The lowest BCUT2D eigenvalue weighted by molar-refractivity contribution is -0.114. The van der Waals surface area contributed by atoms with Gasteiger partial charge in [-0.1, -0.05) is 6.07 Å². The summed E-state index contributed by atoms with van der Waals surface area (Å²) in [7, 11) is 0. The average molecular weight is 366 g/mol. The van der Waals surface area contributed by atoms with Crippen molar-refractivity contribution in [1.29, 1.82) is 5.26 Å². The van der Waals surface area contributed by atoms with Gasteiger partial charge in [-0.2, -0.15) is 5.26 Å². The quantitative estimate of drug-likeness (QED) is 0.666. The number of carbonyl (C=O) groups is 2. The SMILES string of the molecule is CCNC(=O)c1cccc(NC(=O)CNc2cc(C#N)ccc2OCC)c1. The van der Waals surface area contributed by atoms with Gasteiger partial charge in [0.25, 0.3) is 5.91 Å². The summed E-state index contributed by atoms with van der Waals surface area (Å²) in [5.41, 5.74) is 2.04. The Bertz CT molecular complexity index is 859. The molecule has 0 unspecified atom stereocenters. The van der Waals surface area contributed by atoms with Crippen molar-refractivity contribution in [2.75, 3.05) is 30.3 Å². The predicted molar refractivity (Wildman–Crippen MR) is 104 cm³/mol. The van der Waals surface area contributed by atoms with Crippen LogP contribution >= 0.6 is 0 Å². The lowest BCUT2D eigenvalue weighted by Gasteiger charge is -2.13. The molecule has 2 rings (SSSR count). The first-order chi connectivity index (χ1) is 13.1. The Morgan fingerprint density at radius 2 is 1.96 bits per heavy atom. The van der Waals surface area contributed by atoms with Crippen LogP contribution in [-0.4, -0.2) is 31.5 Å². The summed E-state index contributed by atoms with van der Waals surface area (Å²) < 4.78 is 5.50. The van der Waals surface area contributed by atoms with Crippen molar-refractivity contribution in [2.45, 2.75) is 13.8 Å². The van der Waals surface area contributed by atoms with Gasteiger partial charge in [0, 0.05) is 17.8 Å². The van der Waals surface area contributed by atoms with Gasteiger partial charge in [-0.15, -0.1) is 0 Å². The fourth-order valence-electron chi connectivity index (χ4n) is 2.40. The van der Waals surface area contributed by atoms with Crippen molar-refractivity contribution in [3.05, 3.63) is 53.6 Å².